The van der Waals surface area contributed by atoms with Crippen molar-refractivity contribution in [2.45, 2.75) is 75.9 Å². The highest BCUT2D eigenvalue weighted by atomic mass is 35.5. The maximum absolute atomic E-state index is 13.7. The number of fused-ring (bicyclic) bond motifs is 4. The van der Waals surface area contributed by atoms with E-state index in [1.807, 2.05) is 49.3 Å². The molecule has 4 heterocycles. The van der Waals surface area contributed by atoms with Gasteiger partial charge in [0, 0.05) is 82.6 Å². The number of sulfonamides is 1. The van der Waals surface area contributed by atoms with E-state index >= 15 is 0 Å². The van der Waals surface area contributed by atoms with E-state index in [0.29, 0.717) is 42.8 Å². The van der Waals surface area contributed by atoms with Crippen LogP contribution in [0.1, 0.15) is 67.4 Å². The molecule has 4 aliphatic heterocycles. The van der Waals surface area contributed by atoms with Gasteiger partial charge in [-0.1, -0.05) is 43.3 Å². The van der Waals surface area contributed by atoms with Crippen molar-refractivity contribution in [2.24, 2.45) is 17.8 Å². The zero-order valence-electron chi connectivity index (χ0n) is 33.1. The Morgan fingerprint density at radius 1 is 1.04 bits per heavy atom. The zero-order chi connectivity index (χ0) is 39.6. The van der Waals surface area contributed by atoms with Gasteiger partial charge in [0.2, 0.25) is 15.9 Å². The molecular formula is C43H58ClN5O6S. The number of aryl methyl sites for hydroxylation is 1. The summed E-state index contributed by atoms with van der Waals surface area (Å²) < 4.78 is 43.0. The largest absolute Gasteiger partial charge is 0.487 e. The molecule has 304 valence electrons. The van der Waals surface area contributed by atoms with Gasteiger partial charge in [0.1, 0.15) is 18.0 Å². The van der Waals surface area contributed by atoms with Crippen LogP contribution in [0.25, 0.3) is 0 Å². The van der Waals surface area contributed by atoms with E-state index in [4.69, 9.17) is 21.1 Å². The van der Waals surface area contributed by atoms with Crippen LogP contribution in [-0.2, 0) is 32.6 Å². The normalized spacial score (nSPS) is 30.9. The number of anilines is 1. The zero-order valence-corrected chi connectivity index (χ0v) is 34.7. The van der Waals surface area contributed by atoms with Crippen LogP contribution in [-0.4, -0.2) is 118 Å². The lowest BCUT2D eigenvalue weighted by atomic mass is 9.63. The summed E-state index contributed by atoms with van der Waals surface area (Å²) in [7, 11) is -2.18. The number of nitrogens with one attached hydrogen (secondary N) is 1. The molecule has 2 bridgehead atoms. The van der Waals surface area contributed by atoms with E-state index in [0.717, 1.165) is 89.2 Å². The number of benzene rings is 2. The Kier molecular flexibility index (Phi) is 12.5. The standard InChI is InChI=1S/C43H58ClN5O6S/c1-5-41(50)49-22-21-47-20-19-46(26-37(47)27-49)29-43(54-4)17-8-9-30(2)31(3)56(52,53)45-42(51)33-13-16-40-39(24-33)48(25-34-12-15-38(34)43)18-7-6-10-32-23-36(44)14-11-35(32)28-55-40/h5,8,11,13-14,16-17,23-24,30-31,34,37-38H,1,6-7,9-10,12,15,18-22,25-29H2,2-4H3,(H,45,51)/b17-8+/t30-,31+,34-,37-,38+,43?/m0/s1. The van der Waals surface area contributed by atoms with Crippen molar-refractivity contribution in [1.29, 1.82) is 0 Å². The molecule has 0 radical (unpaired) electrons. The smallest absolute Gasteiger partial charge is 0.264 e. The first kappa shape index (κ1) is 40.8. The van der Waals surface area contributed by atoms with Gasteiger partial charge >= 0.3 is 0 Å². The summed E-state index contributed by atoms with van der Waals surface area (Å²) in [6, 6.07) is 11.4. The lowest BCUT2D eigenvalue weighted by Crippen LogP contribution is -2.65. The number of hydrogen-bond donors (Lipinski definition) is 1. The number of amides is 2. The Hall–Kier alpha value is -3.42. The molecule has 56 heavy (non-hydrogen) atoms. The Morgan fingerprint density at radius 3 is 2.62 bits per heavy atom. The minimum atomic E-state index is -3.99. The minimum absolute atomic E-state index is 0.0166. The Bertz CT molecular complexity index is 1930. The quantitative estimate of drug-likeness (QED) is 0.315. The number of allylic oxidation sites excluding steroid dienone is 1. The average molecular weight is 808 g/mol. The minimum Gasteiger partial charge on any atom is -0.487 e. The molecule has 0 spiro atoms. The summed E-state index contributed by atoms with van der Waals surface area (Å²) in [6.07, 6.45) is 11.0. The molecule has 1 aliphatic carbocycles. The Balaban J connectivity index is 1.23. The molecule has 2 aromatic carbocycles. The molecule has 2 amide bonds. The van der Waals surface area contributed by atoms with Crippen LogP contribution in [0.2, 0.25) is 5.02 Å². The first-order valence-electron chi connectivity index (χ1n) is 20.4. The second-order valence-corrected chi connectivity index (χ2v) is 19.1. The number of nitrogens with zero attached hydrogens (tertiary/aromatic N) is 4. The topological polar surface area (TPSA) is 112 Å². The van der Waals surface area contributed by atoms with Crippen LogP contribution in [0.3, 0.4) is 0 Å². The van der Waals surface area contributed by atoms with Crippen molar-refractivity contribution in [3.05, 3.63) is 82.9 Å². The molecule has 3 fully saturated rings. The highest BCUT2D eigenvalue weighted by Crippen LogP contribution is 2.47. The first-order valence-corrected chi connectivity index (χ1v) is 22.3. The van der Waals surface area contributed by atoms with Crippen molar-refractivity contribution in [3.8, 4) is 5.75 Å². The fourth-order valence-corrected chi connectivity index (χ4v) is 11.0. The summed E-state index contributed by atoms with van der Waals surface area (Å²) >= 11 is 6.42. The molecule has 5 aliphatic rings. The number of rotatable bonds is 4. The molecule has 1 N–H and O–H groups in total. The Morgan fingerprint density at radius 2 is 1.86 bits per heavy atom. The van der Waals surface area contributed by atoms with E-state index in [-0.39, 0.29) is 29.3 Å². The number of hydrogen-bond acceptors (Lipinski definition) is 9. The van der Waals surface area contributed by atoms with Crippen LogP contribution in [0, 0.1) is 17.8 Å². The van der Waals surface area contributed by atoms with Gasteiger partial charge in [0.05, 0.1) is 10.9 Å². The maximum atomic E-state index is 13.7. The molecule has 2 aromatic rings. The van der Waals surface area contributed by atoms with Gasteiger partial charge in [-0.2, -0.15) is 0 Å². The third-order valence-electron chi connectivity index (χ3n) is 13.3. The van der Waals surface area contributed by atoms with Gasteiger partial charge in [0.15, 0.2) is 0 Å². The fourth-order valence-electron chi connectivity index (χ4n) is 9.47. The van der Waals surface area contributed by atoms with Crippen molar-refractivity contribution in [3.63, 3.8) is 0 Å². The van der Waals surface area contributed by atoms with Crippen molar-refractivity contribution in [2.75, 3.05) is 70.9 Å². The summed E-state index contributed by atoms with van der Waals surface area (Å²) in [5.74, 6) is 0.239. The second kappa shape index (κ2) is 17.2. The highest BCUT2D eigenvalue weighted by molar-refractivity contribution is 7.90. The lowest BCUT2D eigenvalue weighted by Gasteiger charge is -2.53. The number of carbonyl (C=O) groups excluding carboxylic acids is 2. The average Bonchev–Trinajstić information content (AvgIpc) is 3.21. The number of carbonyl (C=O) groups is 2. The van der Waals surface area contributed by atoms with E-state index in [1.54, 1.807) is 13.0 Å². The summed E-state index contributed by atoms with van der Waals surface area (Å²) in [6.45, 7) is 14.8. The molecule has 1 saturated carbocycles. The first-order chi connectivity index (χ1) is 26.9. The van der Waals surface area contributed by atoms with Crippen molar-refractivity contribution in [1.82, 2.24) is 19.4 Å². The van der Waals surface area contributed by atoms with Crippen LogP contribution in [0.15, 0.2) is 61.2 Å². The summed E-state index contributed by atoms with van der Waals surface area (Å²) in [5.41, 5.74) is 2.70. The van der Waals surface area contributed by atoms with Gasteiger partial charge in [-0.15, -0.1) is 0 Å². The summed E-state index contributed by atoms with van der Waals surface area (Å²) in [5, 5.41) is -0.109. The van der Waals surface area contributed by atoms with E-state index in [2.05, 4.69) is 38.2 Å². The molecule has 13 heteroatoms. The van der Waals surface area contributed by atoms with Gasteiger partial charge in [-0.05, 0) is 111 Å². The monoisotopic (exact) mass is 807 g/mol. The van der Waals surface area contributed by atoms with E-state index in [1.165, 1.54) is 11.6 Å². The molecule has 1 unspecified atom stereocenters. The maximum Gasteiger partial charge on any atom is 0.264 e. The van der Waals surface area contributed by atoms with E-state index < -0.39 is 26.8 Å². The molecular weight excluding hydrogens is 750 g/mol. The van der Waals surface area contributed by atoms with Gasteiger partial charge < -0.3 is 19.3 Å². The van der Waals surface area contributed by atoms with Crippen LogP contribution in [0.5, 0.6) is 5.75 Å². The Labute approximate surface area is 338 Å². The van der Waals surface area contributed by atoms with Crippen LogP contribution < -0.4 is 14.4 Å². The number of methoxy groups -OCH3 is 1. The lowest BCUT2D eigenvalue weighted by molar-refractivity contribution is -0.131. The van der Waals surface area contributed by atoms with Crippen LogP contribution in [0.4, 0.5) is 5.69 Å². The molecule has 2 saturated heterocycles. The van der Waals surface area contributed by atoms with Gasteiger partial charge in [0.25, 0.3) is 5.91 Å². The predicted octanol–water partition coefficient (Wildman–Crippen LogP) is 5.53. The van der Waals surface area contributed by atoms with Gasteiger partial charge in [-0.25, -0.2) is 13.1 Å². The van der Waals surface area contributed by atoms with Gasteiger partial charge in [-0.3, -0.25) is 19.4 Å². The van der Waals surface area contributed by atoms with Crippen LogP contribution >= 0.6 is 11.6 Å². The third kappa shape index (κ3) is 8.70. The summed E-state index contributed by atoms with van der Waals surface area (Å²) in [4.78, 5) is 35.5. The molecule has 7 rings (SSSR count). The number of piperazine rings is 2. The van der Waals surface area contributed by atoms with Crippen molar-refractivity contribution >= 4 is 39.1 Å². The van der Waals surface area contributed by atoms with Crippen molar-refractivity contribution < 1.29 is 27.5 Å². The van der Waals surface area contributed by atoms with E-state index in [9.17, 15) is 18.0 Å². The predicted molar refractivity (Wildman–Crippen MR) is 221 cm³/mol. The third-order valence-corrected chi connectivity index (χ3v) is 15.4. The second-order valence-electron chi connectivity index (χ2n) is 16.6. The number of halogens is 1. The SMILES string of the molecule is C=CC(=O)N1CCN2CCN(CC3(OC)/C=C/C[C@H](C)[C@@H](C)S(=O)(=O)NC(=O)c4ccc5c(c4)N(CCCCc4cc(Cl)ccc4CO5)C[C@@H]4CC[C@H]43)C[C@H]2C1. The fraction of sp³-hybridized carbons (Fsp3) is 0.581. The molecule has 6 atom stereocenters. The molecule has 0 aromatic heterocycles. The molecule has 11 nitrogen and oxygen atoms in total. The number of ether oxygens (including phenoxy) is 2. The highest BCUT2D eigenvalue weighted by Gasteiger charge is 2.49.